The number of halogens is 1. The summed E-state index contributed by atoms with van der Waals surface area (Å²) >= 11 is 5.86. The maximum absolute atomic E-state index is 12.8. The Labute approximate surface area is 132 Å². The lowest BCUT2D eigenvalue weighted by Crippen LogP contribution is -2.41. The van der Waals surface area contributed by atoms with Gasteiger partial charge < -0.3 is 14.4 Å². The Bertz CT molecular complexity index is 461. The SMILES string of the molecule is CCC(CC)N(CCCl)C(=O)c1ccc(OC)cc1OC. The number of hydrogen-bond acceptors (Lipinski definition) is 3. The van der Waals surface area contributed by atoms with Gasteiger partial charge in [0, 0.05) is 24.5 Å². The summed E-state index contributed by atoms with van der Waals surface area (Å²) in [5, 5.41) is 0. The standard InChI is InChI=1S/C16H24ClNO3/c1-5-12(6-2)18(10-9-17)16(19)14-8-7-13(20-3)11-15(14)21-4/h7-8,11-12H,5-6,9-10H2,1-4H3. The largest absolute Gasteiger partial charge is 0.497 e. The van der Waals surface area contributed by atoms with E-state index in [1.165, 1.54) is 0 Å². The van der Waals surface area contributed by atoms with E-state index in [4.69, 9.17) is 21.1 Å². The number of nitrogens with zero attached hydrogens (tertiary/aromatic N) is 1. The number of ether oxygens (including phenoxy) is 2. The molecule has 1 rings (SSSR count). The second-order valence-electron chi connectivity index (χ2n) is 4.72. The first-order valence-corrected chi connectivity index (χ1v) is 7.75. The summed E-state index contributed by atoms with van der Waals surface area (Å²) in [7, 11) is 3.13. The fourth-order valence-corrected chi connectivity index (χ4v) is 2.58. The van der Waals surface area contributed by atoms with Crippen LogP contribution in [-0.4, -0.2) is 43.5 Å². The first-order chi connectivity index (χ1) is 10.1. The lowest BCUT2D eigenvalue weighted by molar-refractivity contribution is 0.0678. The van der Waals surface area contributed by atoms with Crippen LogP contribution < -0.4 is 9.47 Å². The van der Waals surface area contributed by atoms with Gasteiger partial charge in [-0.1, -0.05) is 13.8 Å². The quantitative estimate of drug-likeness (QED) is 0.689. The second-order valence-corrected chi connectivity index (χ2v) is 5.10. The van der Waals surface area contributed by atoms with Gasteiger partial charge in [-0.3, -0.25) is 4.79 Å². The summed E-state index contributed by atoms with van der Waals surface area (Å²) < 4.78 is 10.5. The smallest absolute Gasteiger partial charge is 0.257 e. The van der Waals surface area contributed by atoms with E-state index in [0.29, 0.717) is 29.5 Å². The molecule has 0 aliphatic heterocycles. The molecule has 0 aliphatic rings. The van der Waals surface area contributed by atoms with Crippen molar-refractivity contribution in [2.75, 3.05) is 26.6 Å². The Morgan fingerprint density at radius 2 is 1.90 bits per heavy atom. The zero-order valence-corrected chi connectivity index (χ0v) is 13.9. The van der Waals surface area contributed by atoms with Gasteiger partial charge >= 0.3 is 0 Å². The van der Waals surface area contributed by atoms with Crippen LogP contribution in [0.2, 0.25) is 0 Å². The lowest BCUT2D eigenvalue weighted by Gasteiger charge is -2.30. The molecule has 0 heterocycles. The molecule has 5 heteroatoms. The van der Waals surface area contributed by atoms with Gasteiger partial charge in [0.15, 0.2) is 0 Å². The molecule has 0 aromatic heterocycles. The van der Waals surface area contributed by atoms with E-state index < -0.39 is 0 Å². The molecule has 0 saturated carbocycles. The molecular formula is C16H24ClNO3. The lowest BCUT2D eigenvalue weighted by atomic mass is 10.1. The molecule has 0 N–H and O–H groups in total. The molecule has 1 aromatic carbocycles. The highest BCUT2D eigenvalue weighted by molar-refractivity contribution is 6.18. The fraction of sp³-hybridized carbons (Fsp3) is 0.562. The maximum atomic E-state index is 12.8. The van der Waals surface area contributed by atoms with Crippen LogP contribution in [-0.2, 0) is 0 Å². The fourth-order valence-electron chi connectivity index (χ4n) is 2.40. The monoisotopic (exact) mass is 313 g/mol. The summed E-state index contributed by atoms with van der Waals surface area (Å²) in [4.78, 5) is 14.7. The first-order valence-electron chi connectivity index (χ1n) is 7.21. The molecule has 1 amide bonds. The van der Waals surface area contributed by atoms with Crippen LogP contribution in [0.25, 0.3) is 0 Å². The summed E-state index contributed by atoms with van der Waals surface area (Å²) in [6.45, 7) is 4.68. The van der Waals surface area contributed by atoms with Crippen molar-refractivity contribution in [1.29, 1.82) is 0 Å². The molecule has 0 atom stereocenters. The molecule has 1 aromatic rings. The van der Waals surface area contributed by atoms with E-state index in [1.54, 1.807) is 32.4 Å². The number of alkyl halides is 1. The number of hydrogen-bond donors (Lipinski definition) is 0. The Hall–Kier alpha value is -1.42. The van der Waals surface area contributed by atoms with Gasteiger partial charge in [0.1, 0.15) is 11.5 Å². The van der Waals surface area contributed by atoms with Gasteiger partial charge in [-0.2, -0.15) is 0 Å². The van der Waals surface area contributed by atoms with Crippen LogP contribution in [0.4, 0.5) is 0 Å². The number of amides is 1. The Balaban J connectivity index is 3.13. The van der Waals surface area contributed by atoms with Gasteiger partial charge in [0.25, 0.3) is 5.91 Å². The van der Waals surface area contributed by atoms with E-state index in [-0.39, 0.29) is 11.9 Å². The third kappa shape index (κ3) is 4.27. The summed E-state index contributed by atoms with van der Waals surface area (Å²) in [6, 6.07) is 5.41. The van der Waals surface area contributed by atoms with Crippen molar-refractivity contribution in [3.8, 4) is 11.5 Å². The van der Waals surface area contributed by atoms with Crippen LogP contribution in [0.15, 0.2) is 18.2 Å². The van der Waals surface area contributed by atoms with Crippen LogP contribution in [0.5, 0.6) is 11.5 Å². The maximum Gasteiger partial charge on any atom is 0.257 e. The molecule has 0 aliphatic carbocycles. The summed E-state index contributed by atoms with van der Waals surface area (Å²) in [6.07, 6.45) is 1.80. The van der Waals surface area contributed by atoms with Crippen LogP contribution in [0, 0.1) is 0 Å². The minimum atomic E-state index is -0.0520. The molecule has 4 nitrogen and oxygen atoms in total. The number of rotatable bonds is 8. The van der Waals surface area contributed by atoms with Crippen LogP contribution >= 0.6 is 11.6 Å². The number of benzene rings is 1. The highest BCUT2D eigenvalue weighted by Gasteiger charge is 2.24. The van der Waals surface area contributed by atoms with Crippen molar-refractivity contribution in [1.82, 2.24) is 4.90 Å². The van der Waals surface area contributed by atoms with E-state index >= 15 is 0 Å². The first kappa shape index (κ1) is 17.6. The van der Waals surface area contributed by atoms with Gasteiger partial charge in [-0.25, -0.2) is 0 Å². The Morgan fingerprint density at radius 3 is 2.38 bits per heavy atom. The van der Waals surface area contributed by atoms with Crippen molar-refractivity contribution in [2.24, 2.45) is 0 Å². The molecule has 0 fully saturated rings. The predicted molar refractivity (Wildman–Crippen MR) is 85.7 cm³/mol. The molecule has 0 unspecified atom stereocenters. The highest BCUT2D eigenvalue weighted by atomic mass is 35.5. The van der Waals surface area contributed by atoms with E-state index in [9.17, 15) is 4.79 Å². The molecular weight excluding hydrogens is 290 g/mol. The van der Waals surface area contributed by atoms with Crippen LogP contribution in [0.3, 0.4) is 0 Å². The van der Waals surface area contributed by atoms with Gasteiger partial charge in [0.2, 0.25) is 0 Å². The van der Waals surface area contributed by atoms with E-state index in [0.717, 1.165) is 12.8 Å². The van der Waals surface area contributed by atoms with Crippen molar-refractivity contribution in [2.45, 2.75) is 32.7 Å². The van der Waals surface area contributed by atoms with Gasteiger partial charge in [-0.15, -0.1) is 11.6 Å². The highest BCUT2D eigenvalue weighted by Crippen LogP contribution is 2.27. The zero-order chi connectivity index (χ0) is 15.8. The molecule has 0 saturated heterocycles. The number of methoxy groups -OCH3 is 2. The van der Waals surface area contributed by atoms with Gasteiger partial charge in [-0.05, 0) is 25.0 Å². The molecule has 0 bridgehead atoms. The Morgan fingerprint density at radius 1 is 1.24 bits per heavy atom. The topological polar surface area (TPSA) is 38.8 Å². The molecule has 21 heavy (non-hydrogen) atoms. The number of carbonyl (C=O) groups excluding carboxylic acids is 1. The Kier molecular flexibility index (Phi) is 7.37. The van der Waals surface area contributed by atoms with Crippen molar-refractivity contribution in [3.63, 3.8) is 0 Å². The van der Waals surface area contributed by atoms with Crippen molar-refractivity contribution < 1.29 is 14.3 Å². The molecule has 118 valence electrons. The average Bonchev–Trinajstić information content (AvgIpc) is 2.53. The normalized spacial score (nSPS) is 10.6. The molecule has 0 radical (unpaired) electrons. The number of carbonyl (C=O) groups is 1. The third-order valence-corrected chi connectivity index (χ3v) is 3.78. The second kappa shape index (κ2) is 8.78. The van der Waals surface area contributed by atoms with Crippen LogP contribution in [0.1, 0.15) is 37.0 Å². The zero-order valence-electron chi connectivity index (χ0n) is 13.2. The van der Waals surface area contributed by atoms with E-state index in [1.807, 2.05) is 4.90 Å². The molecule has 0 spiro atoms. The minimum absolute atomic E-state index is 0.0520. The predicted octanol–water partition coefficient (Wildman–Crippen LogP) is 3.57. The van der Waals surface area contributed by atoms with Crippen molar-refractivity contribution >= 4 is 17.5 Å². The van der Waals surface area contributed by atoms with E-state index in [2.05, 4.69) is 13.8 Å². The summed E-state index contributed by atoms with van der Waals surface area (Å²) in [5.41, 5.74) is 0.537. The minimum Gasteiger partial charge on any atom is -0.497 e. The average molecular weight is 314 g/mol. The summed E-state index contributed by atoms with van der Waals surface area (Å²) in [5.74, 6) is 1.55. The van der Waals surface area contributed by atoms with Crippen molar-refractivity contribution in [3.05, 3.63) is 23.8 Å². The third-order valence-electron chi connectivity index (χ3n) is 3.61. The van der Waals surface area contributed by atoms with Gasteiger partial charge in [0.05, 0.1) is 19.8 Å².